The van der Waals surface area contributed by atoms with E-state index in [2.05, 4.69) is 11.4 Å². The molecule has 1 heterocycles. The van der Waals surface area contributed by atoms with Crippen LogP contribution in [-0.2, 0) is 11.2 Å². The molecular formula is C19H20N2O4. The lowest BCUT2D eigenvalue weighted by molar-refractivity contribution is -0.124. The van der Waals surface area contributed by atoms with Crippen molar-refractivity contribution in [1.82, 2.24) is 5.32 Å². The minimum Gasteiger partial charge on any atom is -0.484 e. The first kappa shape index (κ1) is 17.0. The third-order valence-electron chi connectivity index (χ3n) is 4.60. The highest BCUT2D eigenvalue weighted by molar-refractivity contribution is 5.82. The molecule has 1 aromatic heterocycles. The summed E-state index contributed by atoms with van der Waals surface area (Å²) in [6.45, 7) is 1.78. The molecule has 1 aliphatic carbocycles. The second kappa shape index (κ2) is 6.98. The Morgan fingerprint density at radius 2 is 2.12 bits per heavy atom. The fourth-order valence-electron chi connectivity index (χ4n) is 3.29. The molecule has 1 aromatic carbocycles. The molecule has 0 aliphatic heterocycles. The van der Waals surface area contributed by atoms with Crippen LogP contribution in [0.15, 0.2) is 33.5 Å². The first-order valence-corrected chi connectivity index (χ1v) is 8.47. The molecule has 1 amide bonds. The Bertz CT molecular complexity index is 888. The standard InChI is InChI=1S/C19H20N2O4/c1-2-13-9-18(23)25-16-10-14(5-6-15(13)16)24-11-17(22)21-19(12-20)7-3-4-8-19/h5-6,9-10H,2-4,7-8,11H2,1H3,(H,21,22). The maximum atomic E-state index is 12.1. The van der Waals surface area contributed by atoms with Crippen LogP contribution in [0, 0.1) is 11.3 Å². The molecule has 0 saturated heterocycles. The van der Waals surface area contributed by atoms with Crippen LogP contribution >= 0.6 is 0 Å². The summed E-state index contributed by atoms with van der Waals surface area (Å²) in [7, 11) is 0. The van der Waals surface area contributed by atoms with Crippen LogP contribution in [0.3, 0.4) is 0 Å². The van der Waals surface area contributed by atoms with E-state index >= 15 is 0 Å². The number of hydrogen-bond acceptors (Lipinski definition) is 5. The van der Waals surface area contributed by atoms with Crippen LogP contribution in [0.5, 0.6) is 5.75 Å². The van der Waals surface area contributed by atoms with Gasteiger partial charge in [-0.2, -0.15) is 5.26 Å². The molecule has 0 bridgehead atoms. The Morgan fingerprint density at radius 3 is 2.80 bits per heavy atom. The Labute approximate surface area is 145 Å². The van der Waals surface area contributed by atoms with Gasteiger partial charge in [0.05, 0.1) is 6.07 Å². The Morgan fingerprint density at radius 1 is 1.36 bits per heavy atom. The molecule has 0 spiro atoms. The topological polar surface area (TPSA) is 92.3 Å². The number of nitrogens with one attached hydrogen (secondary N) is 1. The van der Waals surface area contributed by atoms with E-state index in [-0.39, 0.29) is 12.5 Å². The number of nitriles is 1. The maximum Gasteiger partial charge on any atom is 0.336 e. The predicted molar refractivity (Wildman–Crippen MR) is 92.3 cm³/mol. The molecule has 0 unspecified atom stereocenters. The van der Waals surface area contributed by atoms with Crippen molar-refractivity contribution in [3.63, 3.8) is 0 Å². The van der Waals surface area contributed by atoms with E-state index in [9.17, 15) is 14.9 Å². The van der Waals surface area contributed by atoms with Crippen molar-refractivity contribution in [1.29, 1.82) is 5.26 Å². The predicted octanol–water partition coefficient (Wildman–Crippen LogP) is 2.69. The smallest absolute Gasteiger partial charge is 0.336 e. The van der Waals surface area contributed by atoms with Gasteiger partial charge < -0.3 is 14.5 Å². The highest BCUT2D eigenvalue weighted by Crippen LogP contribution is 2.29. The van der Waals surface area contributed by atoms with E-state index in [4.69, 9.17) is 9.15 Å². The molecule has 2 aromatic rings. The van der Waals surface area contributed by atoms with Crippen LogP contribution in [0.2, 0.25) is 0 Å². The lowest BCUT2D eigenvalue weighted by Crippen LogP contribution is -2.47. The largest absolute Gasteiger partial charge is 0.484 e. The average molecular weight is 340 g/mol. The minimum atomic E-state index is -0.757. The quantitative estimate of drug-likeness (QED) is 0.845. The number of rotatable bonds is 5. The van der Waals surface area contributed by atoms with Gasteiger partial charge in [0.2, 0.25) is 0 Å². The SMILES string of the molecule is CCc1cc(=O)oc2cc(OCC(=O)NC3(C#N)CCCC3)ccc12. The van der Waals surface area contributed by atoms with Gasteiger partial charge in [0.1, 0.15) is 16.9 Å². The number of carbonyl (C=O) groups excluding carboxylic acids is 1. The van der Waals surface area contributed by atoms with Crippen LogP contribution in [0.1, 0.15) is 38.2 Å². The van der Waals surface area contributed by atoms with Gasteiger partial charge in [-0.3, -0.25) is 4.79 Å². The number of hydrogen-bond donors (Lipinski definition) is 1. The van der Waals surface area contributed by atoms with Gasteiger partial charge in [-0.1, -0.05) is 6.92 Å². The van der Waals surface area contributed by atoms with Crippen molar-refractivity contribution in [3.05, 3.63) is 40.2 Å². The first-order valence-electron chi connectivity index (χ1n) is 8.47. The number of amides is 1. The van der Waals surface area contributed by atoms with Gasteiger partial charge in [0.15, 0.2) is 6.61 Å². The fraction of sp³-hybridized carbons (Fsp3) is 0.421. The summed E-state index contributed by atoms with van der Waals surface area (Å²) in [5.41, 5.74) is 0.183. The van der Waals surface area contributed by atoms with Crippen LogP contribution in [0.25, 0.3) is 11.0 Å². The molecule has 6 nitrogen and oxygen atoms in total. The third kappa shape index (κ3) is 3.66. The summed E-state index contributed by atoms with van der Waals surface area (Å²) in [6, 6.07) is 8.87. The average Bonchev–Trinajstić information content (AvgIpc) is 3.07. The molecule has 0 atom stereocenters. The monoisotopic (exact) mass is 340 g/mol. The molecule has 0 radical (unpaired) electrons. The lowest BCUT2D eigenvalue weighted by atomic mass is 10.00. The number of carbonyl (C=O) groups is 1. The second-order valence-electron chi connectivity index (χ2n) is 6.34. The van der Waals surface area contributed by atoms with Crippen molar-refractivity contribution < 1.29 is 13.9 Å². The lowest BCUT2D eigenvalue weighted by Gasteiger charge is -2.21. The van der Waals surface area contributed by atoms with Gasteiger partial charge in [-0.05, 0) is 49.8 Å². The molecule has 1 N–H and O–H groups in total. The zero-order valence-corrected chi connectivity index (χ0v) is 14.1. The van der Waals surface area contributed by atoms with Crippen molar-refractivity contribution in [2.24, 2.45) is 0 Å². The normalized spacial score (nSPS) is 15.7. The third-order valence-corrected chi connectivity index (χ3v) is 4.60. The summed E-state index contributed by atoms with van der Waals surface area (Å²) >= 11 is 0. The van der Waals surface area contributed by atoms with Crippen molar-refractivity contribution in [3.8, 4) is 11.8 Å². The van der Waals surface area contributed by atoms with Gasteiger partial charge >= 0.3 is 5.63 Å². The first-order chi connectivity index (χ1) is 12.0. The van der Waals surface area contributed by atoms with Gasteiger partial charge in [-0.25, -0.2) is 4.79 Å². The molecule has 1 fully saturated rings. The zero-order chi connectivity index (χ0) is 17.9. The Hall–Kier alpha value is -2.81. The van der Waals surface area contributed by atoms with Crippen molar-refractivity contribution >= 4 is 16.9 Å². The summed E-state index contributed by atoms with van der Waals surface area (Å²) < 4.78 is 10.7. The van der Waals surface area contributed by atoms with Gasteiger partial charge in [-0.15, -0.1) is 0 Å². The second-order valence-corrected chi connectivity index (χ2v) is 6.34. The number of benzene rings is 1. The molecule has 3 rings (SSSR count). The molecule has 6 heteroatoms. The Balaban J connectivity index is 1.70. The zero-order valence-electron chi connectivity index (χ0n) is 14.1. The molecular weight excluding hydrogens is 320 g/mol. The maximum absolute atomic E-state index is 12.1. The molecule has 130 valence electrons. The van der Waals surface area contributed by atoms with E-state index in [1.165, 1.54) is 6.07 Å². The summed E-state index contributed by atoms with van der Waals surface area (Å²) in [5.74, 6) is 0.115. The summed E-state index contributed by atoms with van der Waals surface area (Å²) in [4.78, 5) is 23.7. The highest BCUT2D eigenvalue weighted by atomic mass is 16.5. The van der Waals surface area contributed by atoms with E-state index < -0.39 is 11.2 Å². The fourth-order valence-corrected chi connectivity index (χ4v) is 3.29. The van der Waals surface area contributed by atoms with Gasteiger partial charge in [0, 0.05) is 17.5 Å². The number of fused-ring (bicyclic) bond motifs is 1. The van der Waals surface area contributed by atoms with E-state index in [1.54, 1.807) is 12.1 Å². The molecule has 1 saturated carbocycles. The van der Waals surface area contributed by atoms with E-state index in [1.807, 2.05) is 13.0 Å². The number of nitrogens with zero attached hydrogens (tertiary/aromatic N) is 1. The van der Waals surface area contributed by atoms with Crippen molar-refractivity contribution in [2.75, 3.05) is 6.61 Å². The van der Waals surface area contributed by atoms with Crippen molar-refractivity contribution in [2.45, 2.75) is 44.6 Å². The molecule has 1 aliphatic rings. The highest BCUT2D eigenvalue weighted by Gasteiger charge is 2.35. The molecule has 25 heavy (non-hydrogen) atoms. The van der Waals surface area contributed by atoms with Crippen LogP contribution in [0.4, 0.5) is 0 Å². The summed E-state index contributed by atoms with van der Waals surface area (Å²) in [5, 5.41) is 12.9. The minimum absolute atomic E-state index is 0.188. The van der Waals surface area contributed by atoms with E-state index in [0.717, 1.165) is 30.2 Å². The number of aryl methyl sites for hydroxylation is 1. The summed E-state index contributed by atoms with van der Waals surface area (Å²) in [6.07, 6.45) is 3.96. The Kier molecular flexibility index (Phi) is 4.75. The van der Waals surface area contributed by atoms with Crippen LogP contribution < -0.4 is 15.7 Å². The van der Waals surface area contributed by atoms with E-state index in [0.29, 0.717) is 24.2 Å². The van der Waals surface area contributed by atoms with Crippen LogP contribution in [-0.4, -0.2) is 18.1 Å². The number of ether oxygens (including phenoxy) is 1. The van der Waals surface area contributed by atoms with Gasteiger partial charge in [0.25, 0.3) is 5.91 Å².